The Balaban J connectivity index is 2.27. The second-order valence-electron chi connectivity index (χ2n) is 8.31. The zero-order chi connectivity index (χ0) is 21.2. The van der Waals surface area contributed by atoms with Gasteiger partial charge in [-0.1, -0.05) is 64.7 Å². The maximum Gasteiger partial charge on any atom is 0.323 e. The number of para-hydroxylation sites is 1. The maximum atomic E-state index is 13.9. The van der Waals surface area contributed by atoms with E-state index in [0.717, 1.165) is 38.5 Å². The Morgan fingerprint density at radius 1 is 0.897 bits per heavy atom. The third-order valence-electron chi connectivity index (χ3n) is 6.55. The molecule has 1 N–H and O–H groups in total. The van der Waals surface area contributed by atoms with Crippen molar-refractivity contribution in [1.29, 1.82) is 0 Å². The van der Waals surface area contributed by atoms with E-state index in [4.69, 9.17) is 0 Å². The standard InChI is InChI=1S/C23H35N3O3/c1-5-8-15-22-20(27)24(4)19-14-12-11-13-18(19)23(22,29)26(17-10-7-3)21(28)25(22)16-9-6-2/h11-14,29H,5-10,15-17H2,1-4H3. The Morgan fingerprint density at radius 2 is 1.48 bits per heavy atom. The van der Waals surface area contributed by atoms with Crippen LogP contribution in [0.25, 0.3) is 0 Å². The number of rotatable bonds is 9. The number of unbranched alkanes of at least 4 members (excludes halogenated alkanes) is 3. The minimum atomic E-state index is -1.65. The SMILES string of the molecule is CCCCN1C(=O)N(CCCC)C2(O)c3ccccc3N(C)C(=O)C12CCCC. The molecule has 2 aliphatic heterocycles. The zero-order valence-electron chi connectivity index (χ0n) is 18.3. The highest BCUT2D eigenvalue weighted by atomic mass is 16.3. The van der Waals surface area contributed by atoms with Gasteiger partial charge in [-0.2, -0.15) is 0 Å². The number of nitrogens with zero attached hydrogens (tertiary/aromatic N) is 3. The molecule has 0 aliphatic carbocycles. The lowest BCUT2D eigenvalue weighted by Crippen LogP contribution is -2.70. The number of urea groups is 1. The summed E-state index contributed by atoms with van der Waals surface area (Å²) in [4.78, 5) is 32.4. The minimum Gasteiger partial charge on any atom is -0.364 e. The van der Waals surface area contributed by atoms with Crippen LogP contribution in [-0.2, 0) is 10.5 Å². The molecule has 1 saturated heterocycles. The van der Waals surface area contributed by atoms with Crippen molar-refractivity contribution in [2.24, 2.45) is 0 Å². The summed E-state index contributed by atoms with van der Waals surface area (Å²) in [6.45, 7) is 7.13. The number of amides is 3. The minimum absolute atomic E-state index is 0.185. The molecular weight excluding hydrogens is 366 g/mol. The average Bonchev–Trinajstić information content (AvgIpc) is 2.92. The lowest BCUT2D eigenvalue weighted by Gasteiger charge is -2.51. The van der Waals surface area contributed by atoms with Crippen LogP contribution in [0.3, 0.4) is 0 Å². The summed E-state index contributed by atoms with van der Waals surface area (Å²) in [5.74, 6) is -0.185. The first-order chi connectivity index (χ1) is 13.9. The summed E-state index contributed by atoms with van der Waals surface area (Å²) in [5.41, 5.74) is -1.60. The van der Waals surface area contributed by atoms with Crippen molar-refractivity contribution >= 4 is 17.6 Å². The molecule has 1 aromatic carbocycles. The van der Waals surface area contributed by atoms with Gasteiger partial charge in [-0.25, -0.2) is 4.79 Å². The van der Waals surface area contributed by atoms with Gasteiger partial charge in [0.2, 0.25) is 5.72 Å². The van der Waals surface area contributed by atoms with Crippen LogP contribution < -0.4 is 4.90 Å². The molecule has 0 radical (unpaired) electrons. The number of carbonyl (C=O) groups excluding carboxylic acids is 2. The van der Waals surface area contributed by atoms with Crippen LogP contribution in [0.2, 0.25) is 0 Å². The lowest BCUT2D eigenvalue weighted by molar-refractivity contribution is -0.168. The van der Waals surface area contributed by atoms with Crippen LogP contribution in [-0.4, -0.2) is 52.5 Å². The molecule has 2 atom stereocenters. The molecule has 0 aromatic heterocycles. The van der Waals surface area contributed by atoms with E-state index in [-0.39, 0.29) is 11.9 Å². The van der Waals surface area contributed by atoms with Crippen LogP contribution in [0, 0.1) is 0 Å². The van der Waals surface area contributed by atoms with Crippen molar-refractivity contribution < 1.29 is 14.7 Å². The van der Waals surface area contributed by atoms with Gasteiger partial charge in [0.1, 0.15) is 0 Å². The largest absolute Gasteiger partial charge is 0.364 e. The third kappa shape index (κ3) is 2.95. The number of aliphatic hydroxyl groups is 1. The Hall–Kier alpha value is -2.08. The Morgan fingerprint density at radius 3 is 2.10 bits per heavy atom. The van der Waals surface area contributed by atoms with Crippen LogP contribution in [0.1, 0.15) is 71.3 Å². The summed E-state index contributed by atoms with van der Waals surface area (Å²) >= 11 is 0. The molecule has 2 unspecified atom stereocenters. The third-order valence-corrected chi connectivity index (χ3v) is 6.55. The van der Waals surface area contributed by atoms with Gasteiger partial charge in [-0.15, -0.1) is 0 Å². The molecule has 6 heteroatoms. The van der Waals surface area contributed by atoms with Crippen molar-refractivity contribution in [2.75, 3.05) is 25.0 Å². The Kier molecular flexibility index (Phi) is 6.22. The summed E-state index contributed by atoms with van der Waals surface area (Å²) in [7, 11) is 1.76. The first-order valence-electron chi connectivity index (χ1n) is 11.1. The van der Waals surface area contributed by atoms with Crippen molar-refractivity contribution in [1.82, 2.24) is 9.80 Å². The normalized spacial score (nSPS) is 26.2. The van der Waals surface area contributed by atoms with Crippen molar-refractivity contribution in [3.05, 3.63) is 29.8 Å². The molecule has 6 nitrogen and oxygen atoms in total. The highest BCUT2D eigenvalue weighted by Gasteiger charge is 2.73. The number of hydrogen-bond acceptors (Lipinski definition) is 3. The molecule has 1 fully saturated rings. The van der Waals surface area contributed by atoms with E-state index < -0.39 is 11.3 Å². The summed E-state index contributed by atoms with van der Waals surface area (Å²) in [6.07, 6.45) is 5.52. The quantitative estimate of drug-likeness (QED) is 0.678. The molecular formula is C23H35N3O3. The number of anilines is 1. The fraction of sp³-hybridized carbons (Fsp3) is 0.652. The van der Waals surface area contributed by atoms with Gasteiger partial charge in [0, 0.05) is 25.7 Å². The van der Waals surface area contributed by atoms with Crippen LogP contribution in [0.15, 0.2) is 24.3 Å². The van der Waals surface area contributed by atoms with E-state index >= 15 is 0 Å². The molecule has 29 heavy (non-hydrogen) atoms. The summed E-state index contributed by atoms with van der Waals surface area (Å²) in [6, 6.07) is 7.25. The maximum absolute atomic E-state index is 13.9. The monoisotopic (exact) mass is 401 g/mol. The Labute approximate surface area is 174 Å². The first kappa shape index (κ1) is 21.6. The van der Waals surface area contributed by atoms with E-state index in [2.05, 4.69) is 20.8 Å². The number of carbonyl (C=O) groups is 2. The lowest BCUT2D eigenvalue weighted by atomic mass is 9.72. The van der Waals surface area contributed by atoms with Gasteiger partial charge in [-0.05, 0) is 25.3 Å². The van der Waals surface area contributed by atoms with Gasteiger partial charge in [-0.3, -0.25) is 9.69 Å². The zero-order valence-corrected chi connectivity index (χ0v) is 18.3. The molecule has 160 valence electrons. The molecule has 0 bridgehead atoms. The van der Waals surface area contributed by atoms with Crippen LogP contribution >= 0.6 is 0 Å². The number of benzene rings is 1. The average molecular weight is 402 g/mol. The topological polar surface area (TPSA) is 64.1 Å². The molecule has 0 saturated carbocycles. The van der Waals surface area contributed by atoms with Crippen LogP contribution in [0.4, 0.5) is 10.5 Å². The molecule has 0 spiro atoms. The summed E-state index contributed by atoms with van der Waals surface area (Å²) in [5, 5.41) is 12.4. The molecule has 3 amide bonds. The fourth-order valence-electron chi connectivity index (χ4n) is 4.96. The first-order valence-corrected chi connectivity index (χ1v) is 11.1. The van der Waals surface area contributed by atoms with Crippen molar-refractivity contribution in [3.8, 4) is 0 Å². The molecule has 2 heterocycles. The van der Waals surface area contributed by atoms with Gasteiger partial charge >= 0.3 is 6.03 Å². The van der Waals surface area contributed by atoms with Gasteiger partial charge in [0.05, 0.1) is 5.69 Å². The summed E-state index contributed by atoms with van der Waals surface area (Å²) < 4.78 is 0. The fourth-order valence-corrected chi connectivity index (χ4v) is 4.96. The van der Waals surface area contributed by atoms with E-state index in [0.29, 0.717) is 30.8 Å². The van der Waals surface area contributed by atoms with E-state index in [1.807, 2.05) is 24.3 Å². The van der Waals surface area contributed by atoms with E-state index in [1.165, 1.54) is 0 Å². The van der Waals surface area contributed by atoms with E-state index in [9.17, 15) is 14.7 Å². The van der Waals surface area contributed by atoms with E-state index in [1.54, 1.807) is 21.7 Å². The smallest absolute Gasteiger partial charge is 0.323 e. The predicted molar refractivity (Wildman–Crippen MR) is 115 cm³/mol. The highest BCUT2D eigenvalue weighted by molar-refractivity contribution is 6.08. The van der Waals surface area contributed by atoms with Gasteiger partial charge < -0.3 is 14.9 Å². The van der Waals surface area contributed by atoms with Gasteiger partial charge in [0.25, 0.3) is 5.91 Å². The number of hydrogen-bond donors (Lipinski definition) is 1. The molecule has 3 rings (SSSR count). The van der Waals surface area contributed by atoms with Crippen molar-refractivity contribution in [2.45, 2.75) is 77.0 Å². The number of fused-ring (bicyclic) bond motifs is 3. The Bertz CT molecular complexity index is 767. The second kappa shape index (κ2) is 8.34. The molecule has 2 aliphatic rings. The molecule has 1 aromatic rings. The van der Waals surface area contributed by atoms with Crippen molar-refractivity contribution in [3.63, 3.8) is 0 Å². The highest BCUT2D eigenvalue weighted by Crippen LogP contribution is 2.55. The second-order valence-corrected chi connectivity index (χ2v) is 8.31. The van der Waals surface area contributed by atoms with Crippen LogP contribution in [0.5, 0.6) is 0 Å². The number of likely N-dealkylation sites (N-methyl/N-ethyl adjacent to an activating group) is 1. The predicted octanol–water partition coefficient (Wildman–Crippen LogP) is 4.07. The van der Waals surface area contributed by atoms with Gasteiger partial charge in [0.15, 0.2) is 5.54 Å².